The van der Waals surface area contributed by atoms with Gasteiger partial charge in [-0.3, -0.25) is 4.79 Å². The van der Waals surface area contributed by atoms with Gasteiger partial charge < -0.3 is 15.3 Å². The van der Waals surface area contributed by atoms with Gasteiger partial charge >= 0.3 is 0 Å². The number of likely N-dealkylation sites (N-methyl/N-ethyl adjacent to an activating group) is 1. The Labute approximate surface area is 112 Å². The summed E-state index contributed by atoms with van der Waals surface area (Å²) in [6, 6.07) is 3.13. The van der Waals surface area contributed by atoms with Crippen molar-refractivity contribution in [3.05, 3.63) is 22.8 Å². The molecular weight excluding hydrogens is 254 g/mol. The largest absolute Gasteiger partial charge is 0.389 e. The highest BCUT2D eigenvalue weighted by atomic mass is 35.5. The van der Waals surface area contributed by atoms with Gasteiger partial charge in [0.25, 0.3) is 5.91 Å². The topological polar surface area (TPSA) is 65.5 Å². The Bertz CT molecular complexity index is 443. The van der Waals surface area contributed by atoms with E-state index in [1.54, 1.807) is 34.0 Å². The molecule has 1 heterocycles. The highest BCUT2D eigenvalue weighted by Gasteiger charge is 2.21. The molecule has 0 fully saturated rings. The second-order valence-corrected chi connectivity index (χ2v) is 5.17. The summed E-state index contributed by atoms with van der Waals surface area (Å²) in [7, 11) is 3.33. The molecule has 2 N–H and O–H groups in total. The Morgan fingerprint density at radius 3 is 2.67 bits per heavy atom. The molecule has 18 heavy (non-hydrogen) atoms. The minimum atomic E-state index is -0.937. The predicted octanol–water partition coefficient (Wildman–Crippen LogP) is 1.62. The van der Waals surface area contributed by atoms with Gasteiger partial charge in [0.15, 0.2) is 0 Å². The number of aliphatic hydroxyl groups is 1. The third-order valence-corrected chi connectivity index (χ3v) is 2.46. The number of amides is 1. The van der Waals surface area contributed by atoms with Crippen LogP contribution in [0.5, 0.6) is 0 Å². The fourth-order valence-electron chi connectivity index (χ4n) is 1.62. The monoisotopic (exact) mass is 271 g/mol. The molecule has 1 aromatic heterocycles. The lowest BCUT2D eigenvalue weighted by atomic mass is 10.1. The van der Waals surface area contributed by atoms with E-state index in [9.17, 15) is 9.90 Å². The molecule has 1 rings (SSSR count). The van der Waals surface area contributed by atoms with E-state index in [4.69, 9.17) is 11.6 Å². The van der Waals surface area contributed by atoms with Crippen LogP contribution in [0.3, 0.4) is 0 Å². The summed E-state index contributed by atoms with van der Waals surface area (Å²) in [6.45, 7) is 3.53. The summed E-state index contributed by atoms with van der Waals surface area (Å²) < 4.78 is 0. The van der Waals surface area contributed by atoms with Crippen molar-refractivity contribution in [2.24, 2.45) is 0 Å². The van der Waals surface area contributed by atoms with Crippen LogP contribution in [0.2, 0.25) is 5.15 Å². The zero-order valence-corrected chi connectivity index (χ0v) is 11.7. The number of aromatic nitrogens is 1. The second-order valence-electron chi connectivity index (χ2n) is 4.79. The van der Waals surface area contributed by atoms with Crippen LogP contribution in [0.15, 0.2) is 12.1 Å². The molecule has 0 bridgehead atoms. The smallest absolute Gasteiger partial charge is 0.253 e. The lowest BCUT2D eigenvalue weighted by molar-refractivity contribution is 0.0368. The fourth-order valence-corrected chi connectivity index (χ4v) is 1.83. The minimum Gasteiger partial charge on any atom is -0.389 e. The van der Waals surface area contributed by atoms with Crippen LogP contribution in [-0.2, 0) is 0 Å². The number of hydrogen-bond donors (Lipinski definition) is 2. The molecule has 5 nitrogen and oxygen atoms in total. The van der Waals surface area contributed by atoms with Gasteiger partial charge in [-0.1, -0.05) is 11.6 Å². The average Bonchev–Trinajstić information content (AvgIpc) is 2.24. The van der Waals surface area contributed by atoms with E-state index in [2.05, 4.69) is 10.3 Å². The molecule has 0 aliphatic rings. The minimum absolute atomic E-state index is 0.210. The highest BCUT2D eigenvalue weighted by Crippen LogP contribution is 2.16. The molecule has 0 saturated heterocycles. The van der Waals surface area contributed by atoms with Crippen LogP contribution in [0.25, 0.3) is 0 Å². The van der Waals surface area contributed by atoms with Crippen molar-refractivity contribution in [2.45, 2.75) is 19.4 Å². The second kappa shape index (κ2) is 5.54. The zero-order chi connectivity index (χ0) is 13.9. The number of pyridine rings is 1. The van der Waals surface area contributed by atoms with Gasteiger partial charge in [0.05, 0.1) is 5.60 Å². The van der Waals surface area contributed by atoms with Crippen molar-refractivity contribution in [3.63, 3.8) is 0 Å². The van der Waals surface area contributed by atoms with E-state index in [1.165, 1.54) is 11.0 Å². The van der Waals surface area contributed by atoms with Gasteiger partial charge in [-0.25, -0.2) is 4.98 Å². The lowest BCUT2D eigenvalue weighted by Crippen LogP contribution is -2.39. The number of carbonyl (C=O) groups is 1. The van der Waals surface area contributed by atoms with Crippen molar-refractivity contribution in [1.82, 2.24) is 9.88 Å². The number of nitrogens with one attached hydrogen (secondary N) is 1. The van der Waals surface area contributed by atoms with E-state index < -0.39 is 5.60 Å². The van der Waals surface area contributed by atoms with Gasteiger partial charge in [-0.2, -0.15) is 0 Å². The first-order chi connectivity index (χ1) is 8.23. The Hall–Kier alpha value is -1.33. The van der Waals surface area contributed by atoms with Gasteiger partial charge in [0, 0.05) is 26.2 Å². The maximum absolute atomic E-state index is 12.1. The Morgan fingerprint density at radius 2 is 2.17 bits per heavy atom. The number of anilines is 1. The van der Waals surface area contributed by atoms with Crippen LogP contribution in [-0.4, -0.2) is 47.1 Å². The standard InChI is InChI=1S/C12H18ClN3O2/c1-12(2,18)7-16(4)11(17)8-5-9(13)15-10(6-8)14-3/h5-6,18H,7H2,1-4H3,(H,14,15). The van der Waals surface area contributed by atoms with Gasteiger partial charge in [-0.05, 0) is 26.0 Å². The number of halogens is 1. The molecule has 0 spiro atoms. The predicted molar refractivity (Wildman–Crippen MR) is 72.1 cm³/mol. The average molecular weight is 272 g/mol. The highest BCUT2D eigenvalue weighted by molar-refractivity contribution is 6.29. The number of hydrogen-bond acceptors (Lipinski definition) is 4. The van der Waals surface area contributed by atoms with Crippen molar-refractivity contribution in [2.75, 3.05) is 26.0 Å². The molecule has 0 unspecified atom stereocenters. The molecule has 0 aromatic carbocycles. The van der Waals surface area contributed by atoms with E-state index in [0.29, 0.717) is 11.4 Å². The molecule has 0 aliphatic heterocycles. The summed E-state index contributed by atoms with van der Waals surface area (Å²) in [5.41, 5.74) is -0.501. The van der Waals surface area contributed by atoms with E-state index in [1.807, 2.05) is 0 Å². The molecule has 0 radical (unpaired) electrons. The molecule has 1 amide bonds. The Morgan fingerprint density at radius 1 is 1.56 bits per heavy atom. The number of carbonyl (C=O) groups excluding carboxylic acids is 1. The fraction of sp³-hybridized carbons (Fsp3) is 0.500. The summed E-state index contributed by atoms with van der Waals surface area (Å²) >= 11 is 5.84. The van der Waals surface area contributed by atoms with Crippen molar-refractivity contribution < 1.29 is 9.90 Å². The molecular formula is C12H18ClN3O2. The van der Waals surface area contributed by atoms with Gasteiger partial charge in [-0.15, -0.1) is 0 Å². The summed E-state index contributed by atoms with van der Waals surface area (Å²) in [5, 5.41) is 12.8. The Kier molecular flexibility index (Phi) is 4.53. The van der Waals surface area contributed by atoms with Gasteiger partial charge in [0.2, 0.25) is 0 Å². The molecule has 6 heteroatoms. The van der Waals surface area contributed by atoms with E-state index in [0.717, 1.165) is 0 Å². The lowest BCUT2D eigenvalue weighted by Gasteiger charge is -2.25. The normalized spacial score (nSPS) is 11.2. The molecule has 0 aliphatic carbocycles. The maximum atomic E-state index is 12.1. The third kappa shape index (κ3) is 4.16. The molecule has 0 saturated carbocycles. The maximum Gasteiger partial charge on any atom is 0.253 e. The zero-order valence-electron chi connectivity index (χ0n) is 11.0. The number of nitrogens with zero attached hydrogens (tertiary/aromatic N) is 2. The summed E-state index contributed by atoms with van der Waals surface area (Å²) in [5.74, 6) is 0.320. The van der Waals surface area contributed by atoms with Crippen LogP contribution < -0.4 is 5.32 Å². The number of rotatable bonds is 4. The summed E-state index contributed by atoms with van der Waals surface area (Å²) in [6.07, 6.45) is 0. The first kappa shape index (κ1) is 14.7. The first-order valence-electron chi connectivity index (χ1n) is 5.56. The van der Waals surface area contributed by atoms with Crippen LogP contribution in [0.4, 0.5) is 5.82 Å². The van der Waals surface area contributed by atoms with Crippen molar-refractivity contribution in [1.29, 1.82) is 0 Å². The van der Waals surface area contributed by atoms with Crippen LogP contribution >= 0.6 is 11.6 Å². The molecule has 1 aromatic rings. The van der Waals surface area contributed by atoms with E-state index in [-0.39, 0.29) is 17.6 Å². The first-order valence-corrected chi connectivity index (χ1v) is 5.94. The van der Waals surface area contributed by atoms with E-state index >= 15 is 0 Å². The summed E-state index contributed by atoms with van der Waals surface area (Å²) in [4.78, 5) is 17.6. The Balaban J connectivity index is 2.93. The van der Waals surface area contributed by atoms with Crippen LogP contribution in [0.1, 0.15) is 24.2 Å². The van der Waals surface area contributed by atoms with Crippen molar-refractivity contribution >= 4 is 23.3 Å². The van der Waals surface area contributed by atoms with Gasteiger partial charge in [0.1, 0.15) is 11.0 Å². The molecule has 100 valence electrons. The quantitative estimate of drug-likeness (QED) is 0.817. The van der Waals surface area contributed by atoms with Crippen LogP contribution in [0, 0.1) is 0 Å². The SMILES string of the molecule is CNc1cc(C(=O)N(C)CC(C)(C)O)cc(Cl)n1. The van der Waals surface area contributed by atoms with Crippen molar-refractivity contribution in [3.8, 4) is 0 Å². The third-order valence-electron chi connectivity index (χ3n) is 2.27. The molecule has 0 atom stereocenters.